The zero-order chi connectivity index (χ0) is 91.6. The highest BCUT2D eigenvalue weighted by molar-refractivity contribution is 7.80. The van der Waals surface area contributed by atoms with Crippen LogP contribution < -0.4 is 80.6 Å². The molecular weight excluding hydrogens is 1660 g/mol. The van der Waals surface area contributed by atoms with E-state index in [0.29, 0.717) is 50.6 Å². The van der Waals surface area contributed by atoms with Gasteiger partial charge < -0.3 is 121 Å². The third kappa shape index (κ3) is 31.1. The molecule has 13 amide bonds. The number of rotatable bonds is 52. The molecule has 0 bridgehead atoms. The van der Waals surface area contributed by atoms with Crippen molar-refractivity contribution in [2.45, 2.75) is 196 Å². The van der Waals surface area contributed by atoms with Gasteiger partial charge in [0.05, 0.1) is 31.6 Å². The van der Waals surface area contributed by atoms with Gasteiger partial charge in [-0.3, -0.25) is 67.1 Å². The van der Waals surface area contributed by atoms with Crippen LogP contribution in [0.15, 0.2) is 128 Å². The van der Waals surface area contributed by atoms with Gasteiger partial charge in [0, 0.05) is 89.7 Å². The second-order valence-corrected chi connectivity index (χ2v) is 31.5. The third-order valence-corrected chi connectivity index (χ3v) is 21.4. The summed E-state index contributed by atoms with van der Waals surface area (Å²) in [4.78, 5) is 223. The van der Waals surface area contributed by atoms with Gasteiger partial charge in [0.15, 0.2) is 0 Å². The number of para-hydroxylation sites is 2. The minimum Gasteiger partial charge on any atom is -0.508 e. The van der Waals surface area contributed by atoms with Gasteiger partial charge in [-0.05, 0) is 110 Å². The topological polar surface area (TPSA) is 626 Å². The fraction of sp³-hybridized carbons (Fsp3) is 0.452. The minimum atomic E-state index is -1.85. The number of benzene rings is 4. The maximum absolute atomic E-state index is 14.8. The monoisotopic (exact) mass is 1770 g/mol. The number of aromatic hydroxyl groups is 1. The molecule has 7 rings (SSSR count). The molecule has 41 heteroatoms. The molecule has 25 N–H and O–H groups in total. The van der Waals surface area contributed by atoms with Gasteiger partial charge >= 0.3 is 11.9 Å². The highest BCUT2D eigenvalue weighted by atomic mass is 32.1. The molecule has 0 fully saturated rings. The van der Waals surface area contributed by atoms with E-state index in [2.05, 4.69) is 114 Å². The average Bonchev–Trinajstić information content (AvgIpc) is 1.71. The molecular formula is C84H113N19O20S2. The summed E-state index contributed by atoms with van der Waals surface area (Å²) in [5.41, 5.74) is 16.3. The molecule has 0 spiro atoms. The number of nitrogens with one attached hydrogen (secondary N) is 16. The molecule has 0 aliphatic heterocycles. The number of imidazole rings is 1. The van der Waals surface area contributed by atoms with Crippen LogP contribution in [0.5, 0.6) is 5.75 Å². The van der Waals surface area contributed by atoms with E-state index in [4.69, 9.17) is 11.5 Å². The number of nitrogens with two attached hydrogens (primary N) is 2. The van der Waals surface area contributed by atoms with E-state index in [1.807, 2.05) is 0 Å². The Bertz CT molecular complexity index is 4820. The first-order valence-corrected chi connectivity index (χ1v) is 42.1. The van der Waals surface area contributed by atoms with E-state index >= 15 is 0 Å². The number of aliphatic hydroxyl groups excluding tert-OH is 2. The number of nitrogens with zero attached hydrogens (tertiary/aromatic N) is 1. The molecule has 39 nitrogen and oxygen atoms in total. The Kier molecular flexibility index (Phi) is 39.7. The number of carbonyl (C=O) groups excluding carboxylic acids is 13. The molecule has 0 unspecified atom stereocenters. The first-order valence-electron chi connectivity index (χ1n) is 40.9. The minimum absolute atomic E-state index is 0.0616. The number of phenols is 1. The molecule has 4 aromatic carbocycles. The number of unbranched alkanes of at least 4 members (excludes halogenated alkanes) is 1. The molecule has 7 aromatic rings. The summed E-state index contributed by atoms with van der Waals surface area (Å²) in [6.07, 6.45) is 2.76. The van der Waals surface area contributed by atoms with E-state index in [0.717, 1.165) is 5.56 Å². The van der Waals surface area contributed by atoms with Crippen molar-refractivity contribution in [1.82, 2.24) is 89.1 Å². The number of fused-ring (bicyclic) bond motifs is 2. The van der Waals surface area contributed by atoms with Gasteiger partial charge in [-0.2, -0.15) is 25.3 Å². The van der Waals surface area contributed by atoms with Crippen molar-refractivity contribution >= 4 is 136 Å². The Morgan fingerprint density at radius 3 is 1.42 bits per heavy atom. The van der Waals surface area contributed by atoms with Crippen molar-refractivity contribution in [3.8, 4) is 5.75 Å². The Balaban J connectivity index is 1.05. The number of H-pyrrole nitrogens is 3. The Labute approximate surface area is 731 Å². The van der Waals surface area contributed by atoms with Crippen LogP contribution in [-0.2, 0) is 104 Å². The van der Waals surface area contributed by atoms with E-state index < -0.39 is 217 Å². The van der Waals surface area contributed by atoms with Crippen LogP contribution in [0.4, 0.5) is 0 Å². The number of hydrogen-bond acceptors (Lipinski definition) is 23. The predicted molar refractivity (Wildman–Crippen MR) is 465 cm³/mol. The van der Waals surface area contributed by atoms with Gasteiger partial charge in [0.1, 0.15) is 78.3 Å². The van der Waals surface area contributed by atoms with Gasteiger partial charge in [-0.25, -0.2) is 9.78 Å². The largest absolute Gasteiger partial charge is 0.508 e. The standard InChI is InChI=1S/C84H113N19O20S2/c1-6-45(4)70(82(120)98-64(35-51-38-87-43-91-51)79(117)99-65(40-104)84(122)123)102-80(118)66(41-124)100-75(113)59(27-28-69(108)109)93-76(114)60(30-44(2)3)92-68(107)39-90-73(111)62(33-49-36-88-56-20-12-10-18-53(49)56)96-74(112)58(22-14-15-29-85)94-83(121)71(46(5)105)103-81(119)67(42-125)101-78(116)63(34-50-37-89-57-21-13-11-19-54(50)57)97-77(115)61(32-48-23-25-52(106)26-24-48)95-72(110)55(86)31-47-16-8-7-9-17-47/h7-13,16-21,23-26,36-38,43-46,55,58-67,70-71,88-89,104-106,124-125H,6,14-15,22,27-35,39-42,85-86H2,1-5H3,(H,87,91)(H,90,111)(H,92,107)(H,93,114)(H,94,121)(H,95,110)(H,96,112)(H,97,115)(H,98,120)(H,99,117)(H,100,113)(H,101,116)(H,102,118)(H,103,119)(H,108,109)(H,122,123)/t45-,46+,55-,58-,59-,60-,61-,62-,63-,64-,65-,66-,67-,70-,71-/m0/s1. The van der Waals surface area contributed by atoms with Crippen LogP contribution >= 0.6 is 25.3 Å². The molecule has 0 aliphatic carbocycles. The van der Waals surface area contributed by atoms with Crippen molar-refractivity contribution in [2.75, 3.05) is 31.2 Å². The lowest BCUT2D eigenvalue weighted by atomic mass is 9.97. The number of aromatic amines is 3. The predicted octanol–water partition coefficient (Wildman–Crippen LogP) is -1.74. The van der Waals surface area contributed by atoms with Crippen molar-refractivity contribution in [1.29, 1.82) is 0 Å². The maximum Gasteiger partial charge on any atom is 0.328 e. The van der Waals surface area contributed by atoms with E-state index in [-0.39, 0.29) is 76.0 Å². The number of aromatic nitrogens is 4. The fourth-order valence-corrected chi connectivity index (χ4v) is 14.0. The van der Waals surface area contributed by atoms with Crippen LogP contribution in [0.3, 0.4) is 0 Å². The fourth-order valence-electron chi connectivity index (χ4n) is 13.5. The number of carboxylic acid groups (broad SMARTS) is 2. The number of aliphatic hydroxyl groups is 2. The summed E-state index contributed by atoms with van der Waals surface area (Å²) in [5, 5.41) is 84.6. The number of thiol groups is 2. The number of carbonyl (C=O) groups is 15. The average molecular weight is 1770 g/mol. The second-order valence-electron chi connectivity index (χ2n) is 30.8. The van der Waals surface area contributed by atoms with Gasteiger partial charge in [-0.15, -0.1) is 0 Å². The molecule has 125 heavy (non-hydrogen) atoms. The SMILES string of the molecule is CC[C@H](C)[C@H](NC(=O)[C@H](CS)NC(=O)[C@H](CCC(=O)O)NC(=O)[C@H](CC(C)C)NC(=O)CNC(=O)[C@H](Cc1c[nH]c2ccccc12)NC(=O)[C@H](CCCCN)NC(=O)[C@@H](NC(=O)[C@H](CS)NC(=O)[C@H](Cc1c[nH]c2ccccc12)NC(=O)[C@H](Cc1ccc(O)cc1)NC(=O)[C@@H](N)Cc1ccccc1)[C@@H](C)O)C(=O)N[C@@H](Cc1cnc[nH]1)C(=O)N[C@@H](CO)C(=O)O. The smallest absolute Gasteiger partial charge is 0.328 e. The van der Waals surface area contributed by atoms with Crippen LogP contribution in [0.1, 0.15) is 108 Å². The highest BCUT2D eigenvalue weighted by Gasteiger charge is 2.39. The lowest BCUT2D eigenvalue weighted by Crippen LogP contribution is -2.62. The van der Waals surface area contributed by atoms with Crippen molar-refractivity contribution < 1.29 is 97.5 Å². The van der Waals surface area contributed by atoms with Crippen molar-refractivity contribution in [3.05, 3.63) is 156 Å². The van der Waals surface area contributed by atoms with Gasteiger partial charge in [0.2, 0.25) is 76.8 Å². The van der Waals surface area contributed by atoms with E-state index in [9.17, 15) is 97.5 Å². The summed E-state index contributed by atoms with van der Waals surface area (Å²) >= 11 is 8.65. The normalized spacial score (nSPS) is 14.9. The van der Waals surface area contributed by atoms with Crippen molar-refractivity contribution in [2.24, 2.45) is 23.3 Å². The van der Waals surface area contributed by atoms with Crippen molar-refractivity contribution in [3.63, 3.8) is 0 Å². The summed E-state index contributed by atoms with van der Waals surface area (Å²) in [6, 6.07) is 9.08. The zero-order valence-electron chi connectivity index (χ0n) is 69.7. The first-order chi connectivity index (χ1) is 59.6. The molecule has 0 saturated carbocycles. The number of carboxylic acids is 2. The Morgan fingerprint density at radius 1 is 0.464 bits per heavy atom. The number of aliphatic carboxylic acids is 2. The third-order valence-electron chi connectivity index (χ3n) is 20.6. The Morgan fingerprint density at radius 2 is 0.912 bits per heavy atom. The van der Waals surface area contributed by atoms with Crippen LogP contribution in [0, 0.1) is 11.8 Å². The lowest BCUT2D eigenvalue weighted by molar-refractivity contribution is -0.143. The molecule has 3 heterocycles. The van der Waals surface area contributed by atoms with E-state index in [1.165, 1.54) is 31.6 Å². The quantitative estimate of drug-likeness (QED) is 0.0149. The summed E-state index contributed by atoms with van der Waals surface area (Å²) in [7, 11) is 0. The second kappa shape index (κ2) is 49.8. The lowest BCUT2D eigenvalue weighted by Gasteiger charge is -2.29. The van der Waals surface area contributed by atoms with Gasteiger partial charge in [0.25, 0.3) is 0 Å². The summed E-state index contributed by atoms with van der Waals surface area (Å²) < 4.78 is 0. The van der Waals surface area contributed by atoms with Crippen LogP contribution in [-0.4, -0.2) is 250 Å². The van der Waals surface area contributed by atoms with Crippen LogP contribution in [0.25, 0.3) is 21.8 Å². The number of phenolic OH excluding ortho intramolecular Hbond substituents is 1. The first kappa shape index (κ1) is 99.7. The molecule has 0 saturated heterocycles. The molecule has 676 valence electrons. The van der Waals surface area contributed by atoms with E-state index in [1.54, 1.807) is 131 Å². The maximum atomic E-state index is 14.8. The number of amides is 13. The molecule has 3 aromatic heterocycles. The summed E-state index contributed by atoms with van der Waals surface area (Å²) in [6.45, 7) is 6.17. The molecule has 15 atom stereocenters. The molecule has 0 radical (unpaired) electrons. The summed E-state index contributed by atoms with van der Waals surface area (Å²) in [5.74, 6) is -17.4. The number of hydrogen-bond donors (Lipinski definition) is 25. The molecule has 0 aliphatic rings. The Hall–Kier alpha value is -12.4. The van der Waals surface area contributed by atoms with Crippen LogP contribution in [0.2, 0.25) is 0 Å². The van der Waals surface area contributed by atoms with Gasteiger partial charge in [-0.1, -0.05) is 113 Å². The highest BCUT2D eigenvalue weighted by Crippen LogP contribution is 2.23. The zero-order valence-corrected chi connectivity index (χ0v) is 71.5.